The van der Waals surface area contributed by atoms with E-state index in [0.717, 1.165) is 22.5 Å². The van der Waals surface area contributed by atoms with Gasteiger partial charge >= 0.3 is 5.97 Å². The van der Waals surface area contributed by atoms with Gasteiger partial charge in [0.25, 0.3) is 5.56 Å². The molecule has 0 atom stereocenters. The van der Waals surface area contributed by atoms with Crippen LogP contribution in [0, 0.1) is 6.92 Å². The van der Waals surface area contributed by atoms with Gasteiger partial charge in [0.15, 0.2) is 10.9 Å². The Balaban J connectivity index is 1.81. The number of carbonyl (C=O) groups is 2. The molecule has 192 valence electrons. The molecule has 2 aromatic heterocycles. The van der Waals surface area contributed by atoms with Gasteiger partial charge < -0.3 is 9.47 Å². The van der Waals surface area contributed by atoms with Crippen LogP contribution in [0.15, 0.2) is 52.4 Å². The Morgan fingerprint density at radius 2 is 1.89 bits per heavy atom. The van der Waals surface area contributed by atoms with Crippen LogP contribution in [0.2, 0.25) is 5.02 Å². The van der Waals surface area contributed by atoms with Gasteiger partial charge in [-0.1, -0.05) is 35.5 Å². The number of hydrogen-bond donors (Lipinski definition) is 0. The summed E-state index contributed by atoms with van der Waals surface area (Å²) in [6, 6.07) is 12.5. The molecule has 10 heteroatoms. The number of thioether (sulfide) groups is 1. The quantitative estimate of drug-likeness (QED) is 0.106. The second-order valence-electron chi connectivity index (χ2n) is 8.24. The summed E-state index contributed by atoms with van der Waals surface area (Å²) in [6.45, 7) is 5.50. The fourth-order valence-corrected chi connectivity index (χ4v) is 6.08. The first-order valence-corrected chi connectivity index (χ1v) is 13.7. The van der Waals surface area contributed by atoms with Gasteiger partial charge in [0.1, 0.15) is 15.5 Å². The minimum Gasteiger partial charge on any atom is -0.496 e. The summed E-state index contributed by atoms with van der Waals surface area (Å²) in [4.78, 5) is 43.9. The lowest BCUT2D eigenvalue weighted by atomic mass is 10.1. The summed E-state index contributed by atoms with van der Waals surface area (Å²) >= 11 is 8.57. The average Bonchev–Trinajstić information content (AvgIpc) is 3.22. The van der Waals surface area contributed by atoms with Crippen molar-refractivity contribution >= 4 is 56.7 Å². The number of methoxy groups -OCH3 is 1. The predicted octanol–water partition coefficient (Wildman–Crippen LogP) is 6.15. The number of fused-ring (bicyclic) bond motifs is 1. The van der Waals surface area contributed by atoms with Gasteiger partial charge in [-0.2, -0.15) is 0 Å². The minimum atomic E-state index is -0.466. The molecule has 0 saturated carbocycles. The van der Waals surface area contributed by atoms with Crippen LogP contribution in [0.5, 0.6) is 5.75 Å². The summed E-state index contributed by atoms with van der Waals surface area (Å²) in [6.07, 6.45) is 0. The van der Waals surface area contributed by atoms with Crippen LogP contribution in [0.4, 0.5) is 0 Å². The fraction of sp³-hybridized carbons (Fsp3) is 0.259. The van der Waals surface area contributed by atoms with E-state index in [1.165, 1.54) is 18.7 Å². The number of thiophene rings is 1. The van der Waals surface area contributed by atoms with Gasteiger partial charge in [0.05, 0.1) is 25.6 Å². The Bertz CT molecular complexity index is 1540. The molecular formula is C27H25ClN2O5S2. The first kappa shape index (κ1) is 26.9. The van der Waals surface area contributed by atoms with Crippen LogP contribution in [-0.2, 0) is 17.0 Å². The van der Waals surface area contributed by atoms with Crippen molar-refractivity contribution in [3.8, 4) is 5.75 Å². The van der Waals surface area contributed by atoms with Gasteiger partial charge in [0, 0.05) is 21.9 Å². The normalized spacial score (nSPS) is 11.1. The van der Waals surface area contributed by atoms with Crippen LogP contribution in [0.1, 0.15) is 50.6 Å². The number of esters is 1. The number of ketones is 1. The SMILES string of the molecule is CCOC(=O)c1sc2nc(SCc3cc(C(C)=O)ccc3OC)n(Cc3ccc(Cl)cc3)c(=O)c2c1C. The topological polar surface area (TPSA) is 87.5 Å². The molecule has 0 spiro atoms. The van der Waals surface area contributed by atoms with E-state index in [2.05, 4.69) is 0 Å². The number of carbonyl (C=O) groups excluding carboxylic acids is 2. The number of halogens is 1. The summed E-state index contributed by atoms with van der Waals surface area (Å²) in [5.41, 5.74) is 2.59. The van der Waals surface area contributed by atoms with E-state index < -0.39 is 5.97 Å². The molecule has 2 heterocycles. The van der Waals surface area contributed by atoms with Crippen LogP contribution in [0.3, 0.4) is 0 Å². The van der Waals surface area contributed by atoms with Gasteiger partial charge in [-0.15, -0.1) is 11.3 Å². The van der Waals surface area contributed by atoms with Crippen molar-refractivity contribution in [1.82, 2.24) is 9.55 Å². The second-order valence-corrected chi connectivity index (χ2v) is 10.6. The Hall–Kier alpha value is -3.14. The number of ether oxygens (including phenoxy) is 2. The molecule has 0 fully saturated rings. The van der Waals surface area contributed by atoms with Crippen molar-refractivity contribution in [3.05, 3.63) is 85.0 Å². The van der Waals surface area contributed by atoms with E-state index in [-0.39, 0.29) is 24.5 Å². The molecule has 0 aliphatic heterocycles. The van der Waals surface area contributed by atoms with Gasteiger partial charge in [0.2, 0.25) is 0 Å². The molecule has 0 amide bonds. The Kier molecular flexibility index (Phi) is 8.36. The number of aryl methyl sites for hydroxylation is 1. The van der Waals surface area contributed by atoms with Crippen molar-refractivity contribution < 1.29 is 19.1 Å². The van der Waals surface area contributed by atoms with Crippen molar-refractivity contribution in [2.45, 2.75) is 38.2 Å². The van der Waals surface area contributed by atoms with Gasteiger partial charge in [-0.25, -0.2) is 9.78 Å². The summed E-state index contributed by atoms with van der Waals surface area (Å²) in [5.74, 6) is 0.542. The first-order chi connectivity index (χ1) is 17.7. The highest BCUT2D eigenvalue weighted by Gasteiger charge is 2.23. The number of Topliss-reactive ketones (excluding diaryl/α,β-unsaturated/α-hetero) is 1. The molecule has 0 N–H and O–H groups in total. The monoisotopic (exact) mass is 556 g/mol. The van der Waals surface area contributed by atoms with Crippen molar-refractivity contribution in [2.24, 2.45) is 0 Å². The molecule has 7 nitrogen and oxygen atoms in total. The number of rotatable bonds is 9. The molecule has 2 aromatic carbocycles. The van der Waals surface area contributed by atoms with Gasteiger partial charge in [-0.3, -0.25) is 14.2 Å². The van der Waals surface area contributed by atoms with Crippen molar-refractivity contribution in [3.63, 3.8) is 0 Å². The number of benzene rings is 2. The maximum atomic E-state index is 13.8. The maximum Gasteiger partial charge on any atom is 0.348 e. The lowest BCUT2D eigenvalue weighted by molar-refractivity contribution is 0.0531. The van der Waals surface area contributed by atoms with E-state index in [1.54, 1.807) is 55.9 Å². The third kappa shape index (κ3) is 5.74. The Morgan fingerprint density at radius 1 is 1.16 bits per heavy atom. The van der Waals surface area contributed by atoms with Gasteiger partial charge in [-0.05, 0) is 62.2 Å². The smallest absolute Gasteiger partial charge is 0.348 e. The summed E-state index contributed by atoms with van der Waals surface area (Å²) < 4.78 is 12.3. The molecule has 4 rings (SSSR count). The molecule has 37 heavy (non-hydrogen) atoms. The van der Waals surface area contributed by atoms with E-state index in [0.29, 0.717) is 47.9 Å². The van der Waals surface area contributed by atoms with Crippen molar-refractivity contribution in [2.75, 3.05) is 13.7 Å². The molecule has 0 saturated heterocycles. The fourth-order valence-electron chi connectivity index (χ4n) is 3.86. The molecule has 0 radical (unpaired) electrons. The van der Waals surface area contributed by atoms with Crippen LogP contribution < -0.4 is 10.3 Å². The standard InChI is InChI=1S/C27H25ClN2O5S2/c1-5-35-26(33)23-15(2)22-24(37-23)29-27(30(25(22)32)13-17-6-9-20(28)10-7-17)36-14-19-12-18(16(3)31)8-11-21(19)34-4/h6-12H,5,13-14H2,1-4H3. The van der Waals surface area contributed by atoms with E-state index in [1.807, 2.05) is 12.1 Å². The molecule has 0 aliphatic carbocycles. The van der Waals surface area contributed by atoms with E-state index in [4.69, 9.17) is 26.1 Å². The minimum absolute atomic E-state index is 0.0475. The van der Waals surface area contributed by atoms with Crippen LogP contribution in [-0.4, -0.2) is 35.0 Å². The molecule has 4 aromatic rings. The zero-order valence-corrected chi connectivity index (χ0v) is 23.2. The zero-order valence-electron chi connectivity index (χ0n) is 20.8. The third-order valence-corrected chi connectivity index (χ3v) is 8.22. The average molecular weight is 557 g/mol. The molecular weight excluding hydrogens is 532 g/mol. The molecule has 0 unspecified atom stereocenters. The number of hydrogen-bond acceptors (Lipinski definition) is 8. The molecule has 0 bridgehead atoms. The second kappa shape index (κ2) is 11.5. The summed E-state index contributed by atoms with van der Waals surface area (Å²) in [7, 11) is 1.57. The zero-order chi connectivity index (χ0) is 26.7. The number of aromatic nitrogens is 2. The van der Waals surface area contributed by atoms with Crippen molar-refractivity contribution in [1.29, 1.82) is 0 Å². The first-order valence-electron chi connectivity index (χ1n) is 11.5. The lowest BCUT2D eigenvalue weighted by Crippen LogP contribution is -2.24. The predicted molar refractivity (Wildman–Crippen MR) is 148 cm³/mol. The largest absolute Gasteiger partial charge is 0.496 e. The lowest BCUT2D eigenvalue weighted by Gasteiger charge is -2.14. The highest BCUT2D eigenvalue weighted by Crippen LogP contribution is 2.32. The van der Waals surface area contributed by atoms with Crippen LogP contribution >= 0.6 is 34.7 Å². The maximum absolute atomic E-state index is 13.8. The molecule has 0 aliphatic rings. The number of nitrogens with zero attached hydrogens (tertiary/aromatic N) is 2. The Morgan fingerprint density at radius 3 is 2.54 bits per heavy atom. The summed E-state index contributed by atoms with van der Waals surface area (Å²) in [5, 5.41) is 1.49. The Labute approximate surface area is 227 Å². The highest BCUT2D eigenvalue weighted by atomic mass is 35.5. The third-order valence-electron chi connectivity index (χ3n) is 5.77. The van der Waals surface area contributed by atoms with Crippen LogP contribution in [0.25, 0.3) is 10.2 Å². The highest BCUT2D eigenvalue weighted by molar-refractivity contribution is 7.98. The van der Waals surface area contributed by atoms with E-state index >= 15 is 0 Å². The van der Waals surface area contributed by atoms with E-state index in [9.17, 15) is 14.4 Å².